The van der Waals surface area contributed by atoms with Crippen LogP contribution in [-0.4, -0.2) is 48.9 Å². The van der Waals surface area contributed by atoms with E-state index in [0.29, 0.717) is 10.2 Å². The van der Waals surface area contributed by atoms with Crippen LogP contribution in [-0.2, 0) is 10.0 Å². The van der Waals surface area contributed by atoms with Gasteiger partial charge in [-0.05, 0) is 29.8 Å². The Morgan fingerprint density at radius 2 is 2.05 bits per heavy atom. The van der Waals surface area contributed by atoms with Crippen molar-refractivity contribution in [2.45, 2.75) is 19.9 Å². The first-order valence-electron chi connectivity index (χ1n) is 6.08. The van der Waals surface area contributed by atoms with Crippen LogP contribution >= 0.6 is 15.9 Å². The molecule has 0 radical (unpaired) electrons. The third kappa shape index (κ3) is 4.03. The molecule has 114 valence electrons. The van der Waals surface area contributed by atoms with Crippen molar-refractivity contribution in [3.63, 3.8) is 0 Å². The minimum Gasteiger partial charge on any atom is -0.382 e. The molecular weight excluding hydrogens is 348 g/mol. The topological polar surface area (TPSA) is 84.3 Å². The molecule has 0 atom stereocenters. The van der Waals surface area contributed by atoms with Crippen LogP contribution in [0.5, 0.6) is 0 Å². The molecular formula is C11H19BrN4O3S. The molecule has 0 saturated carbocycles. The van der Waals surface area contributed by atoms with Crippen molar-refractivity contribution in [2.75, 3.05) is 31.7 Å². The van der Waals surface area contributed by atoms with Crippen LogP contribution in [0.15, 0.2) is 15.5 Å². The number of sulfonamides is 1. The van der Waals surface area contributed by atoms with Crippen LogP contribution in [0.25, 0.3) is 0 Å². The zero-order chi connectivity index (χ0) is 15.5. The Morgan fingerprint density at radius 3 is 2.55 bits per heavy atom. The zero-order valence-electron chi connectivity index (χ0n) is 11.9. The van der Waals surface area contributed by atoms with Crippen LogP contribution in [0.1, 0.15) is 19.9 Å². The van der Waals surface area contributed by atoms with E-state index >= 15 is 0 Å². The van der Waals surface area contributed by atoms with Gasteiger partial charge in [-0.3, -0.25) is 4.79 Å². The highest BCUT2D eigenvalue weighted by atomic mass is 79.9. The molecule has 0 spiro atoms. The van der Waals surface area contributed by atoms with E-state index in [9.17, 15) is 13.2 Å². The summed E-state index contributed by atoms with van der Waals surface area (Å²) in [5.41, 5.74) is 0.237. The number of nitrogens with zero attached hydrogens (tertiary/aromatic N) is 3. The largest absolute Gasteiger partial charge is 0.382 e. The first kappa shape index (κ1) is 17.1. The first-order valence-corrected chi connectivity index (χ1v) is 8.48. The fraction of sp³-hybridized carbons (Fsp3) is 0.636. The summed E-state index contributed by atoms with van der Waals surface area (Å²) in [6, 6.07) is -0.0398. The quantitative estimate of drug-likeness (QED) is 0.807. The summed E-state index contributed by atoms with van der Waals surface area (Å²) in [5.74, 6) is -0.0558. The Labute approximate surface area is 127 Å². The maximum atomic E-state index is 12.0. The fourth-order valence-corrected chi connectivity index (χ4v) is 2.58. The highest BCUT2D eigenvalue weighted by Gasteiger charge is 2.14. The second-order valence-electron chi connectivity index (χ2n) is 4.74. The van der Waals surface area contributed by atoms with Crippen LogP contribution in [0.4, 0.5) is 5.69 Å². The van der Waals surface area contributed by atoms with Gasteiger partial charge in [0.15, 0.2) is 0 Å². The Bertz CT molecular complexity index is 625. The van der Waals surface area contributed by atoms with Crippen LogP contribution < -0.4 is 10.9 Å². The van der Waals surface area contributed by atoms with Crippen molar-refractivity contribution in [2.24, 2.45) is 0 Å². The van der Waals surface area contributed by atoms with Gasteiger partial charge in [-0.25, -0.2) is 17.4 Å². The van der Waals surface area contributed by atoms with E-state index in [-0.39, 0.29) is 23.9 Å². The number of halogens is 1. The van der Waals surface area contributed by atoms with Crippen LogP contribution in [0.2, 0.25) is 0 Å². The second-order valence-corrected chi connectivity index (χ2v) is 7.84. The summed E-state index contributed by atoms with van der Waals surface area (Å²) in [7, 11) is -0.296. The number of nitrogens with one attached hydrogen (secondary N) is 1. The Kier molecular flexibility index (Phi) is 5.72. The first-order chi connectivity index (χ1) is 9.16. The minimum atomic E-state index is -3.26. The highest BCUT2D eigenvalue weighted by Crippen LogP contribution is 2.16. The lowest BCUT2D eigenvalue weighted by atomic mass is 10.4. The molecule has 7 nitrogen and oxygen atoms in total. The zero-order valence-corrected chi connectivity index (χ0v) is 14.3. The molecule has 0 saturated heterocycles. The molecule has 0 fully saturated rings. The van der Waals surface area contributed by atoms with Gasteiger partial charge in [0, 0.05) is 20.6 Å². The van der Waals surface area contributed by atoms with Gasteiger partial charge in [0.05, 0.1) is 23.7 Å². The van der Waals surface area contributed by atoms with E-state index in [1.807, 2.05) is 13.8 Å². The minimum absolute atomic E-state index is 0.0398. The SMILES string of the molecule is CC(C)n1ncc(NCCS(=O)(=O)N(C)C)c(Br)c1=O. The monoisotopic (exact) mass is 366 g/mol. The molecule has 0 aliphatic rings. The van der Waals surface area contributed by atoms with Crippen molar-refractivity contribution < 1.29 is 8.42 Å². The van der Waals surface area contributed by atoms with Crippen molar-refractivity contribution in [3.8, 4) is 0 Å². The highest BCUT2D eigenvalue weighted by molar-refractivity contribution is 9.10. The predicted molar refractivity (Wildman–Crippen MR) is 82.5 cm³/mol. The number of aromatic nitrogens is 2. The number of hydrogen-bond acceptors (Lipinski definition) is 5. The fourth-order valence-electron chi connectivity index (χ4n) is 1.43. The maximum absolute atomic E-state index is 12.0. The van der Waals surface area contributed by atoms with E-state index < -0.39 is 10.0 Å². The molecule has 0 bridgehead atoms. The van der Waals surface area contributed by atoms with Crippen molar-refractivity contribution >= 4 is 31.6 Å². The summed E-state index contributed by atoms with van der Waals surface area (Å²) in [6.45, 7) is 3.92. The summed E-state index contributed by atoms with van der Waals surface area (Å²) in [5, 5.41) is 6.94. The van der Waals surface area contributed by atoms with Crippen molar-refractivity contribution in [3.05, 3.63) is 21.0 Å². The molecule has 1 aromatic rings. The van der Waals surface area contributed by atoms with Gasteiger partial charge < -0.3 is 5.32 Å². The van der Waals surface area contributed by atoms with Gasteiger partial charge in [-0.1, -0.05) is 0 Å². The lowest BCUT2D eigenvalue weighted by Crippen LogP contribution is -2.29. The summed E-state index contributed by atoms with van der Waals surface area (Å²) >= 11 is 3.21. The Hall–Kier alpha value is -0.930. The third-order valence-corrected chi connectivity index (χ3v) is 5.26. The van der Waals surface area contributed by atoms with E-state index in [0.717, 1.165) is 0 Å². The Morgan fingerprint density at radius 1 is 1.45 bits per heavy atom. The molecule has 1 rings (SSSR count). The molecule has 1 heterocycles. The average Bonchev–Trinajstić information content (AvgIpc) is 2.33. The molecule has 0 aliphatic carbocycles. The van der Waals surface area contributed by atoms with E-state index in [1.165, 1.54) is 29.3 Å². The average molecular weight is 367 g/mol. The lowest BCUT2D eigenvalue weighted by Gasteiger charge is -2.14. The molecule has 20 heavy (non-hydrogen) atoms. The summed E-state index contributed by atoms with van der Waals surface area (Å²) < 4.78 is 26.1. The molecule has 0 amide bonds. The number of hydrogen-bond donors (Lipinski definition) is 1. The molecule has 1 aromatic heterocycles. The van der Waals surface area contributed by atoms with Crippen LogP contribution in [0, 0.1) is 0 Å². The van der Waals surface area contributed by atoms with Gasteiger partial charge in [-0.2, -0.15) is 5.10 Å². The third-order valence-electron chi connectivity index (χ3n) is 2.66. The second kappa shape index (κ2) is 6.68. The normalized spacial score (nSPS) is 12.2. The standard InChI is InChI=1S/C11H19BrN4O3S/c1-8(2)16-11(17)10(12)9(7-14-16)13-5-6-20(18,19)15(3)4/h7-8,13H,5-6H2,1-4H3. The van der Waals surface area contributed by atoms with Gasteiger partial charge in [0.1, 0.15) is 4.47 Å². The summed E-state index contributed by atoms with van der Waals surface area (Å²) in [6.07, 6.45) is 1.51. The van der Waals surface area contributed by atoms with Crippen molar-refractivity contribution in [1.29, 1.82) is 0 Å². The Balaban J connectivity index is 2.81. The van der Waals surface area contributed by atoms with Crippen molar-refractivity contribution in [1.82, 2.24) is 14.1 Å². The van der Waals surface area contributed by atoms with Gasteiger partial charge in [0.25, 0.3) is 5.56 Å². The smallest absolute Gasteiger partial charge is 0.283 e. The van der Waals surface area contributed by atoms with Crippen LogP contribution in [0.3, 0.4) is 0 Å². The maximum Gasteiger partial charge on any atom is 0.283 e. The number of anilines is 1. The van der Waals surface area contributed by atoms with E-state index in [1.54, 1.807) is 0 Å². The van der Waals surface area contributed by atoms with Gasteiger partial charge >= 0.3 is 0 Å². The molecule has 0 aromatic carbocycles. The lowest BCUT2D eigenvalue weighted by molar-refractivity contribution is 0.501. The van der Waals surface area contributed by atoms with Gasteiger partial charge in [0.2, 0.25) is 10.0 Å². The van der Waals surface area contributed by atoms with Gasteiger partial charge in [-0.15, -0.1) is 0 Å². The molecule has 1 N–H and O–H groups in total. The van der Waals surface area contributed by atoms with E-state index in [4.69, 9.17) is 0 Å². The summed E-state index contributed by atoms with van der Waals surface area (Å²) in [4.78, 5) is 12.0. The molecule has 0 unspecified atom stereocenters. The molecule has 0 aliphatic heterocycles. The van der Waals surface area contributed by atoms with E-state index in [2.05, 4.69) is 26.3 Å². The predicted octanol–water partition coefficient (Wildman–Crippen LogP) is 0.890. The number of rotatable bonds is 6. The molecule has 9 heteroatoms.